The number of halogens is 1. The normalized spacial score (nSPS) is 11.2. The summed E-state index contributed by atoms with van der Waals surface area (Å²) in [5.41, 5.74) is 3.20. The number of hydrogen-bond acceptors (Lipinski definition) is 4. The highest BCUT2D eigenvalue weighted by molar-refractivity contribution is 6.31. The van der Waals surface area contributed by atoms with E-state index < -0.39 is 0 Å². The molecule has 0 bridgehead atoms. The fourth-order valence-electron chi connectivity index (χ4n) is 3.30. The summed E-state index contributed by atoms with van der Waals surface area (Å²) in [6, 6.07) is 22.7. The van der Waals surface area contributed by atoms with Gasteiger partial charge in [-0.2, -0.15) is 0 Å². The van der Waals surface area contributed by atoms with Gasteiger partial charge in [-0.05, 0) is 62.1 Å². The van der Waals surface area contributed by atoms with Gasteiger partial charge in [0, 0.05) is 17.3 Å². The highest BCUT2D eigenvalue weighted by Crippen LogP contribution is 2.22. The highest BCUT2D eigenvalue weighted by atomic mass is 35.5. The summed E-state index contributed by atoms with van der Waals surface area (Å²) in [4.78, 5) is 20.2. The number of nitrogens with one attached hydrogen (secondary N) is 1. The van der Waals surface area contributed by atoms with Gasteiger partial charge in [-0.1, -0.05) is 41.9 Å². The van der Waals surface area contributed by atoms with E-state index in [0.717, 1.165) is 17.9 Å². The number of benzene rings is 3. The molecule has 0 radical (unpaired) electrons. The van der Waals surface area contributed by atoms with Crippen LogP contribution < -0.4 is 10.9 Å². The average Bonchev–Trinajstić information content (AvgIpc) is 2.69. The molecule has 0 fully saturated rings. The first-order chi connectivity index (χ1) is 14.0. The molecule has 0 spiro atoms. The van der Waals surface area contributed by atoms with E-state index in [1.807, 2.05) is 56.6 Å². The van der Waals surface area contributed by atoms with E-state index in [9.17, 15) is 4.79 Å². The van der Waals surface area contributed by atoms with Gasteiger partial charge in [0.25, 0.3) is 5.56 Å². The molecule has 0 unspecified atom stereocenters. The van der Waals surface area contributed by atoms with Crippen molar-refractivity contribution in [3.63, 3.8) is 0 Å². The predicted octanol–water partition coefficient (Wildman–Crippen LogP) is 4.84. The molecule has 0 atom stereocenters. The molecule has 5 nitrogen and oxygen atoms in total. The molecule has 29 heavy (non-hydrogen) atoms. The molecule has 1 heterocycles. The van der Waals surface area contributed by atoms with Crippen LogP contribution in [0.5, 0.6) is 0 Å². The van der Waals surface area contributed by atoms with E-state index in [0.29, 0.717) is 21.9 Å². The first-order valence-corrected chi connectivity index (χ1v) is 9.67. The summed E-state index contributed by atoms with van der Waals surface area (Å²) in [6.07, 6.45) is 0. The fourth-order valence-corrected chi connectivity index (χ4v) is 3.47. The molecule has 0 amide bonds. The Balaban J connectivity index is 1.87. The summed E-state index contributed by atoms with van der Waals surface area (Å²) in [5.74, 6) is 0.457. The smallest absolute Gasteiger partial charge is 0.267 e. The summed E-state index contributed by atoms with van der Waals surface area (Å²) in [7, 11) is 4.06. The zero-order valence-corrected chi connectivity index (χ0v) is 17.0. The molecule has 4 aromatic rings. The topological polar surface area (TPSA) is 50.2 Å². The number of fused-ring (bicyclic) bond motifs is 1. The minimum absolute atomic E-state index is 0.171. The second-order valence-corrected chi connectivity index (χ2v) is 7.57. The zero-order valence-electron chi connectivity index (χ0n) is 16.3. The zero-order chi connectivity index (χ0) is 20.4. The summed E-state index contributed by atoms with van der Waals surface area (Å²) >= 11 is 6.12. The minimum Gasteiger partial charge on any atom is -0.325 e. The van der Waals surface area contributed by atoms with Gasteiger partial charge in [-0.25, -0.2) is 9.55 Å². The molecule has 1 aromatic heterocycles. The number of nitrogens with zero attached hydrogens (tertiary/aromatic N) is 3. The molecule has 0 aliphatic heterocycles. The average molecular weight is 405 g/mol. The Labute approximate surface area is 174 Å². The van der Waals surface area contributed by atoms with E-state index in [1.54, 1.807) is 22.8 Å². The number of rotatable bonds is 5. The van der Waals surface area contributed by atoms with Gasteiger partial charge in [-0.15, -0.1) is 0 Å². The van der Waals surface area contributed by atoms with Crippen LogP contribution in [-0.2, 0) is 6.54 Å². The van der Waals surface area contributed by atoms with E-state index in [4.69, 9.17) is 16.6 Å². The molecule has 0 aliphatic carbocycles. The van der Waals surface area contributed by atoms with E-state index in [-0.39, 0.29) is 5.56 Å². The van der Waals surface area contributed by atoms with Gasteiger partial charge < -0.3 is 10.2 Å². The third-order valence-corrected chi connectivity index (χ3v) is 4.76. The van der Waals surface area contributed by atoms with Crippen LogP contribution in [0.2, 0.25) is 5.02 Å². The van der Waals surface area contributed by atoms with Gasteiger partial charge in [0.15, 0.2) is 0 Å². The Bertz CT molecular complexity index is 1220. The number of para-hydroxylation sites is 1. The Morgan fingerprint density at radius 1 is 1.00 bits per heavy atom. The largest absolute Gasteiger partial charge is 0.325 e. The highest BCUT2D eigenvalue weighted by Gasteiger charge is 2.13. The van der Waals surface area contributed by atoms with Crippen molar-refractivity contribution in [3.8, 4) is 5.69 Å². The molecule has 6 heteroatoms. The molecular weight excluding hydrogens is 384 g/mol. The van der Waals surface area contributed by atoms with Crippen molar-refractivity contribution in [2.24, 2.45) is 0 Å². The molecule has 0 saturated heterocycles. The second kappa shape index (κ2) is 8.07. The van der Waals surface area contributed by atoms with Crippen molar-refractivity contribution >= 4 is 34.1 Å². The lowest BCUT2D eigenvalue weighted by Gasteiger charge is -2.16. The minimum atomic E-state index is -0.171. The SMILES string of the molecule is CN(C)Cc1cccc(Nc2nc3ccc(Cl)cc3c(=O)n2-c2ccccc2)c1. The van der Waals surface area contributed by atoms with E-state index >= 15 is 0 Å². The lowest BCUT2D eigenvalue weighted by molar-refractivity contribution is 0.402. The first-order valence-electron chi connectivity index (χ1n) is 9.30. The van der Waals surface area contributed by atoms with Gasteiger partial charge >= 0.3 is 0 Å². The fraction of sp³-hybridized carbons (Fsp3) is 0.130. The van der Waals surface area contributed by atoms with Crippen LogP contribution in [-0.4, -0.2) is 28.5 Å². The van der Waals surface area contributed by atoms with Gasteiger partial charge in [0.1, 0.15) is 0 Å². The second-order valence-electron chi connectivity index (χ2n) is 7.14. The summed E-state index contributed by atoms with van der Waals surface area (Å²) < 4.78 is 1.58. The number of anilines is 2. The lowest BCUT2D eigenvalue weighted by atomic mass is 10.2. The van der Waals surface area contributed by atoms with E-state index in [1.165, 1.54) is 5.56 Å². The van der Waals surface area contributed by atoms with E-state index in [2.05, 4.69) is 22.3 Å². The molecule has 3 aromatic carbocycles. The predicted molar refractivity (Wildman–Crippen MR) is 119 cm³/mol. The first kappa shape index (κ1) is 19.2. The molecule has 1 N–H and O–H groups in total. The van der Waals surface area contributed by atoms with Crippen LogP contribution in [0.25, 0.3) is 16.6 Å². The number of aromatic nitrogens is 2. The third-order valence-electron chi connectivity index (χ3n) is 4.53. The quantitative estimate of drug-likeness (QED) is 0.517. The van der Waals surface area contributed by atoms with Crippen LogP contribution >= 0.6 is 11.6 Å². The Morgan fingerprint density at radius 3 is 2.55 bits per heavy atom. The molecular formula is C23H21ClN4O. The van der Waals surface area contributed by atoms with Crippen molar-refractivity contribution < 1.29 is 0 Å². The maximum Gasteiger partial charge on any atom is 0.267 e. The Kier molecular flexibility index (Phi) is 5.34. The molecule has 4 rings (SSSR count). The summed E-state index contributed by atoms with van der Waals surface area (Å²) in [5, 5.41) is 4.32. The van der Waals surface area contributed by atoms with Crippen molar-refractivity contribution in [2.75, 3.05) is 19.4 Å². The standard InChI is InChI=1S/C23H21ClN4O/c1-27(2)15-16-7-6-8-18(13-16)25-23-26-21-12-11-17(24)14-20(21)22(29)28(23)19-9-4-3-5-10-19/h3-14H,15H2,1-2H3,(H,25,26). The maximum absolute atomic E-state index is 13.3. The lowest BCUT2D eigenvalue weighted by Crippen LogP contribution is -2.22. The summed E-state index contributed by atoms with van der Waals surface area (Å²) in [6.45, 7) is 0.824. The monoisotopic (exact) mass is 404 g/mol. The van der Waals surface area contributed by atoms with Gasteiger partial charge in [-0.3, -0.25) is 4.79 Å². The Morgan fingerprint density at radius 2 is 1.79 bits per heavy atom. The molecule has 0 aliphatic rings. The van der Waals surface area contributed by atoms with Crippen molar-refractivity contribution in [1.29, 1.82) is 0 Å². The van der Waals surface area contributed by atoms with Crippen LogP contribution in [0, 0.1) is 0 Å². The number of hydrogen-bond donors (Lipinski definition) is 1. The van der Waals surface area contributed by atoms with Gasteiger partial charge in [0.05, 0.1) is 16.6 Å². The maximum atomic E-state index is 13.3. The van der Waals surface area contributed by atoms with Crippen LogP contribution in [0.3, 0.4) is 0 Å². The molecule has 0 saturated carbocycles. The van der Waals surface area contributed by atoms with Gasteiger partial charge in [0.2, 0.25) is 5.95 Å². The van der Waals surface area contributed by atoms with Crippen LogP contribution in [0.15, 0.2) is 77.6 Å². The third kappa shape index (κ3) is 4.16. The van der Waals surface area contributed by atoms with Crippen molar-refractivity contribution in [3.05, 3.63) is 93.7 Å². The van der Waals surface area contributed by atoms with Crippen molar-refractivity contribution in [1.82, 2.24) is 14.5 Å². The van der Waals surface area contributed by atoms with Crippen LogP contribution in [0.1, 0.15) is 5.56 Å². The van der Waals surface area contributed by atoms with Crippen molar-refractivity contribution in [2.45, 2.75) is 6.54 Å². The molecule has 146 valence electrons. The van der Waals surface area contributed by atoms with Crippen LogP contribution in [0.4, 0.5) is 11.6 Å². The Hall–Kier alpha value is -3.15.